The van der Waals surface area contributed by atoms with E-state index in [0.29, 0.717) is 10.9 Å². The van der Waals surface area contributed by atoms with Gasteiger partial charge in [-0.2, -0.15) is 30.2 Å². The molecule has 1 aromatic carbocycles. The second-order valence-corrected chi connectivity index (χ2v) is 6.09. The van der Waals surface area contributed by atoms with Gasteiger partial charge in [-0.1, -0.05) is 6.92 Å². The second kappa shape index (κ2) is 5.96. The van der Waals surface area contributed by atoms with Crippen molar-refractivity contribution in [2.45, 2.75) is 24.8 Å². The Morgan fingerprint density at radius 1 is 1.45 bits per heavy atom. The first-order valence-electron chi connectivity index (χ1n) is 6.43. The molecule has 1 unspecified atom stereocenters. The molecule has 6 heteroatoms. The number of nitriles is 1. The fraction of sp³-hybridized carbons (Fsp3) is 0.500. The van der Waals surface area contributed by atoms with Gasteiger partial charge in [0, 0.05) is 29.8 Å². The first-order valence-corrected chi connectivity index (χ1v) is 7.48. The fourth-order valence-corrected chi connectivity index (χ4v) is 3.45. The molecule has 108 valence electrons. The number of nitrogens with zero attached hydrogens (tertiary/aromatic N) is 2. The number of hydrogen-bond acceptors (Lipinski definition) is 3. The molecule has 1 atom stereocenters. The molecule has 1 aromatic rings. The summed E-state index contributed by atoms with van der Waals surface area (Å²) in [4.78, 5) is 2.06. The average Bonchev–Trinajstić information content (AvgIpc) is 2.45. The fourth-order valence-electron chi connectivity index (χ4n) is 2.27. The van der Waals surface area contributed by atoms with E-state index in [9.17, 15) is 13.2 Å². The highest BCUT2D eigenvalue weighted by atomic mass is 32.2. The molecule has 1 aliphatic rings. The Morgan fingerprint density at radius 3 is 2.80 bits per heavy atom. The largest absolute Gasteiger partial charge is 0.417 e. The molecule has 1 saturated heterocycles. The number of anilines is 1. The molecule has 2 rings (SSSR count). The third-order valence-electron chi connectivity index (χ3n) is 3.39. The molecule has 0 saturated carbocycles. The zero-order chi connectivity index (χ0) is 14.8. The van der Waals surface area contributed by atoms with Gasteiger partial charge in [0.15, 0.2) is 0 Å². The molecule has 0 radical (unpaired) electrons. The molecule has 0 spiro atoms. The van der Waals surface area contributed by atoms with Crippen molar-refractivity contribution in [2.24, 2.45) is 0 Å². The topological polar surface area (TPSA) is 27.0 Å². The Hall–Kier alpha value is -1.35. The van der Waals surface area contributed by atoms with E-state index in [1.807, 2.05) is 11.8 Å². The van der Waals surface area contributed by atoms with E-state index in [2.05, 4.69) is 11.8 Å². The number of hydrogen-bond donors (Lipinski definition) is 0. The van der Waals surface area contributed by atoms with Gasteiger partial charge in [0.05, 0.1) is 17.2 Å². The lowest BCUT2D eigenvalue weighted by molar-refractivity contribution is -0.137. The molecular weight excluding hydrogens is 285 g/mol. The lowest BCUT2D eigenvalue weighted by Gasteiger charge is -2.34. The van der Waals surface area contributed by atoms with Crippen molar-refractivity contribution in [3.05, 3.63) is 29.3 Å². The van der Waals surface area contributed by atoms with Crippen LogP contribution in [0, 0.1) is 11.3 Å². The van der Waals surface area contributed by atoms with Gasteiger partial charge < -0.3 is 4.90 Å². The van der Waals surface area contributed by atoms with E-state index >= 15 is 0 Å². The summed E-state index contributed by atoms with van der Waals surface area (Å²) in [5.74, 6) is 0.960. The molecule has 0 amide bonds. The van der Waals surface area contributed by atoms with Crippen molar-refractivity contribution < 1.29 is 13.2 Å². The molecule has 1 heterocycles. The Balaban J connectivity index is 2.28. The molecular formula is C14H15F3N2S. The van der Waals surface area contributed by atoms with Crippen molar-refractivity contribution in [1.29, 1.82) is 5.26 Å². The van der Waals surface area contributed by atoms with E-state index in [0.717, 1.165) is 31.3 Å². The first kappa shape index (κ1) is 15.0. The smallest absolute Gasteiger partial charge is 0.370 e. The van der Waals surface area contributed by atoms with E-state index in [1.165, 1.54) is 12.1 Å². The number of benzene rings is 1. The number of thioether (sulfide) groups is 1. The van der Waals surface area contributed by atoms with Gasteiger partial charge >= 0.3 is 6.18 Å². The second-order valence-electron chi connectivity index (χ2n) is 4.69. The molecule has 1 aliphatic heterocycles. The Labute approximate surface area is 120 Å². The zero-order valence-electron chi connectivity index (χ0n) is 11.1. The summed E-state index contributed by atoms with van der Waals surface area (Å²) >= 11 is 1.89. The predicted molar refractivity (Wildman–Crippen MR) is 74.9 cm³/mol. The van der Waals surface area contributed by atoms with E-state index < -0.39 is 11.7 Å². The van der Waals surface area contributed by atoms with E-state index in [-0.39, 0.29) is 5.56 Å². The molecule has 0 bridgehead atoms. The molecule has 0 aliphatic carbocycles. The highest BCUT2D eigenvalue weighted by molar-refractivity contribution is 8.00. The van der Waals surface area contributed by atoms with Crippen molar-refractivity contribution >= 4 is 17.4 Å². The van der Waals surface area contributed by atoms with Crippen LogP contribution >= 0.6 is 11.8 Å². The first-order chi connectivity index (χ1) is 9.45. The summed E-state index contributed by atoms with van der Waals surface area (Å²) < 4.78 is 38.3. The van der Waals surface area contributed by atoms with Crippen molar-refractivity contribution in [3.63, 3.8) is 0 Å². The molecule has 2 nitrogen and oxygen atoms in total. The van der Waals surface area contributed by atoms with Crippen LogP contribution in [0.5, 0.6) is 0 Å². The zero-order valence-corrected chi connectivity index (χ0v) is 11.9. The molecule has 0 aromatic heterocycles. The van der Waals surface area contributed by atoms with Crippen LogP contribution in [0.25, 0.3) is 0 Å². The number of halogens is 3. The van der Waals surface area contributed by atoms with Gasteiger partial charge in [-0.15, -0.1) is 0 Å². The molecule has 0 N–H and O–H groups in total. The van der Waals surface area contributed by atoms with Crippen molar-refractivity contribution in [3.8, 4) is 6.07 Å². The summed E-state index contributed by atoms with van der Waals surface area (Å²) in [6.07, 6.45) is -3.44. The van der Waals surface area contributed by atoms with Crippen LogP contribution in [0.3, 0.4) is 0 Å². The molecule has 1 fully saturated rings. The van der Waals surface area contributed by atoms with Gasteiger partial charge in [-0.05, 0) is 24.6 Å². The Morgan fingerprint density at radius 2 is 2.20 bits per heavy atom. The summed E-state index contributed by atoms with van der Waals surface area (Å²) in [6.45, 7) is 3.73. The van der Waals surface area contributed by atoms with Gasteiger partial charge in [0.1, 0.15) is 0 Å². The monoisotopic (exact) mass is 300 g/mol. The summed E-state index contributed by atoms with van der Waals surface area (Å²) in [5, 5.41) is 9.43. The Bertz CT molecular complexity index is 522. The summed E-state index contributed by atoms with van der Waals surface area (Å²) in [5.41, 5.74) is -0.461. The maximum absolute atomic E-state index is 12.8. The van der Waals surface area contributed by atoms with Crippen LogP contribution in [0.2, 0.25) is 0 Å². The van der Waals surface area contributed by atoms with Gasteiger partial charge in [0.25, 0.3) is 0 Å². The summed E-state index contributed by atoms with van der Waals surface area (Å²) in [7, 11) is 0. The maximum atomic E-state index is 12.8. The standard InChI is InChI=1S/C14H15F3N2S/c1-2-12-9-19(5-6-20-12)11-3-4-13(14(15,16)17)10(7-11)8-18/h3-4,7,12H,2,5-6,9H2,1H3. The van der Waals surface area contributed by atoms with E-state index in [4.69, 9.17) is 5.26 Å². The minimum atomic E-state index is -4.48. The van der Waals surface area contributed by atoms with Gasteiger partial charge in [0.2, 0.25) is 0 Å². The lowest BCUT2D eigenvalue weighted by atomic mass is 10.1. The number of alkyl halides is 3. The van der Waals surface area contributed by atoms with Crippen molar-refractivity contribution in [2.75, 3.05) is 23.7 Å². The van der Waals surface area contributed by atoms with Crippen LogP contribution < -0.4 is 4.90 Å². The lowest BCUT2D eigenvalue weighted by Crippen LogP contribution is -2.37. The van der Waals surface area contributed by atoms with Gasteiger partial charge in [-0.3, -0.25) is 0 Å². The van der Waals surface area contributed by atoms with Crippen LogP contribution in [-0.4, -0.2) is 24.1 Å². The normalized spacial score (nSPS) is 19.8. The minimum Gasteiger partial charge on any atom is -0.370 e. The van der Waals surface area contributed by atoms with E-state index in [1.54, 1.807) is 6.07 Å². The van der Waals surface area contributed by atoms with Crippen LogP contribution in [0.1, 0.15) is 24.5 Å². The third-order valence-corrected chi connectivity index (χ3v) is 4.76. The Kier molecular flexibility index (Phi) is 4.48. The molecule has 20 heavy (non-hydrogen) atoms. The highest BCUT2D eigenvalue weighted by Gasteiger charge is 2.34. The highest BCUT2D eigenvalue weighted by Crippen LogP contribution is 2.34. The SMILES string of the molecule is CCC1CN(c2ccc(C(F)(F)F)c(C#N)c2)CCS1. The quantitative estimate of drug-likeness (QED) is 0.828. The maximum Gasteiger partial charge on any atom is 0.417 e. The van der Waals surface area contributed by atoms with Crippen LogP contribution in [-0.2, 0) is 6.18 Å². The third kappa shape index (κ3) is 3.21. The summed E-state index contributed by atoms with van der Waals surface area (Å²) in [6, 6.07) is 5.48. The van der Waals surface area contributed by atoms with Crippen molar-refractivity contribution in [1.82, 2.24) is 0 Å². The van der Waals surface area contributed by atoms with Gasteiger partial charge in [-0.25, -0.2) is 0 Å². The van der Waals surface area contributed by atoms with Crippen LogP contribution in [0.15, 0.2) is 18.2 Å². The number of rotatable bonds is 2. The predicted octanol–water partition coefficient (Wildman–Crippen LogP) is 3.91. The minimum absolute atomic E-state index is 0.304. The van der Waals surface area contributed by atoms with Crippen LogP contribution in [0.4, 0.5) is 18.9 Å². The average molecular weight is 300 g/mol.